The largest absolute Gasteiger partial charge is 0.487 e. The first-order valence-electron chi connectivity index (χ1n) is 10.1. The molecule has 4 rings (SSSR count). The molecule has 0 amide bonds. The highest BCUT2D eigenvalue weighted by atomic mass is 19.1. The van der Waals surface area contributed by atoms with Gasteiger partial charge >= 0.3 is 0 Å². The van der Waals surface area contributed by atoms with Gasteiger partial charge in [0.05, 0.1) is 6.10 Å². The van der Waals surface area contributed by atoms with Crippen LogP contribution in [0, 0.1) is 11.6 Å². The van der Waals surface area contributed by atoms with Crippen molar-refractivity contribution >= 4 is 0 Å². The van der Waals surface area contributed by atoms with Crippen molar-refractivity contribution in [1.82, 2.24) is 5.32 Å². The first-order chi connectivity index (χ1) is 14.4. The Morgan fingerprint density at radius 2 is 1.57 bits per heavy atom. The average molecular weight is 421 g/mol. The topological polar surface area (TPSA) is 91.2 Å². The van der Waals surface area contributed by atoms with Crippen LogP contribution in [0.25, 0.3) is 0 Å². The predicted molar refractivity (Wildman–Crippen MR) is 104 cm³/mol. The molecule has 30 heavy (non-hydrogen) atoms. The summed E-state index contributed by atoms with van der Waals surface area (Å²) >= 11 is 0. The number of benzene rings is 2. The van der Waals surface area contributed by atoms with E-state index >= 15 is 0 Å². The lowest BCUT2D eigenvalue weighted by molar-refractivity contribution is -0.0175. The third-order valence-corrected chi connectivity index (χ3v) is 5.63. The van der Waals surface area contributed by atoms with Crippen molar-refractivity contribution in [2.75, 3.05) is 13.1 Å². The molecule has 0 saturated carbocycles. The predicted octanol–water partition coefficient (Wildman–Crippen LogP) is 1.85. The Kier molecular flexibility index (Phi) is 6.19. The zero-order chi connectivity index (χ0) is 21.3. The number of hydrogen-bond donors (Lipinski definition) is 4. The van der Waals surface area contributed by atoms with Crippen molar-refractivity contribution in [1.29, 1.82) is 0 Å². The van der Waals surface area contributed by atoms with Gasteiger partial charge in [0, 0.05) is 25.1 Å². The minimum absolute atomic E-state index is 0.138. The highest BCUT2D eigenvalue weighted by molar-refractivity contribution is 5.38. The van der Waals surface area contributed by atoms with Crippen molar-refractivity contribution in [3.05, 3.63) is 59.2 Å². The first-order valence-corrected chi connectivity index (χ1v) is 10.1. The molecule has 1 unspecified atom stereocenters. The van der Waals surface area contributed by atoms with Crippen LogP contribution in [-0.4, -0.2) is 52.8 Å². The van der Waals surface area contributed by atoms with E-state index in [1.807, 2.05) is 0 Å². The molecule has 0 bridgehead atoms. The Labute approximate surface area is 173 Å². The summed E-state index contributed by atoms with van der Waals surface area (Å²) in [5.41, 5.74) is 1.16. The van der Waals surface area contributed by atoms with Crippen molar-refractivity contribution in [3.8, 4) is 11.5 Å². The highest BCUT2D eigenvalue weighted by Gasteiger charge is 2.32. The van der Waals surface area contributed by atoms with E-state index in [1.54, 1.807) is 6.07 Å². The molecule has 5 atom stereocenters. The fourth-order valence-corrected chi connectivity index (χ4v) is 3.97. The summed E-state index contributed by atoms with van der Waals surface area (Å²) in [6, 6.07) is 8.24. The van der Waals surface area contributed by atoms with Crippen molar-refractivity contribution in [2.45, 2.75) is 49.8 Å². The van der Waals surface area contributed by atoms with E-state index in [9.17, 15) is 24.1 Å². The van der Waals surface area contributed by atoms with Crippen LogP contribution in [0.15, 0.2) is 36.4 Å². The summed E-state index contributed by atoms with van der Waals surface area (Å²) < 4.78 is 38.1. The first kappa shape index (κ1) is 21.0. The summed E-state index contributed by atoms with van der Waals surface area (Å²) in [6.07, 6.45) is -2.43. The molecule has 0 aromatic heterocycles. The molecule has 0 spiro atoms. The van der Waals surface area contributed by atoms with Crippen LogP contribution in [0.3, 0.4) is 0 Å². The van der Waals surface area contributed by atoms with Gasteiger partial charge in [0.1, 0.15) is 47.5 Å². The molecule has 0 saturated heterocycles. The van der Waals surface area contributed by atoms with Crippen LogP contribution < -0.4 is 14.8 Å². The summed E-state index contributed by atoms with van der Waals surface area (Å²) in [5, 5.41) is 34.1. The molecule has 2 aromatic carbocycles. The van der Waals surface area contributed by atoms with Crippen LogP contribution in [-0.2, 0) is 6.42 Å². The number of aliphatic hydroxyl groups excluding tert-OH is 3. The summed E-state index contributed by atoms with van der Waals surface area (Å²) in [7, 11) is 0. The van der Waals surface area contributed by atoms with Gasteiger partial charge in [0.2, 0.25) is 0 Å². The quantitative estimate of drug-likeness (QED) is 0.569. The third-order valence-electron chi connectivity index (χ3n) is 5.63. The number of nitrogens with one attached hydrogen (secondary N) is 1. The lowest BCUT2D eigenvalue weighted by atomic mass is 9.96. The lowest BCUT2D eigenvalue weighted by Gasteiger charge is -2.33. The monoisotopic (exact) mass is 421 g/mol. The van der Waals surface area contributed by atoms with E-state index in [-0.39, 0.29) is 25.3 Å². The van der Waals surface area contributed by atoms with Gasteiger partial charge in [0.25, 0.3) is 0 Å². The molecule has 0 radical (unpaired) electrons. The van der Waals surface area contributed by atoms with Gasteiger partial charge in [-0.25, -0.2) is 8.78 Å². The summed E-state index contributed by atoms with van der Waals surface area (Å²) in [5.74, 6) is 0.162. The second-order valence-electron chi connectivity index (χ2n) is 7.83. The summed E-state index contributed by atoms with van der Waals surface area (Å²) in [6.45, 7) is 0.328. The molecular weight excluding hydrogens is 396 g/mol. The Morgan fingerprint density at radius 1 is 0.933 bits per heavy atom. The van der Waals surface area contributed by atoms with Gasteiger partial charge in [-0.2, -0.15) is 0 Å². The number of halogens is 2. The number of aliphatic hydroxyl groups is 3. The fraction of sp³-hybridized carbons (Fsp3) is 0.455. The maximum absolute atomic E-state index is 13.3. The number of fused-ring (bicyclic) bond motifs is 2. The summed E-state index contributed by atoms with van der Waals surface area (Å²) in [4.78, 5) is 0. The number of hydrogen-bond acceptors (Lipinski definition) is 6. The van der Waals surface area contributed by atoms with Crippen molar-refractivity contribution < 1.29 is 33.6 Å². The molecule has 0 fully saturated rings. The number of ether oxygens (including phenoxy) is 2. The molecule has 8 heteroatoms. The Morgan fingerprint density at radius 3 is 2.33 bits per heavy atom. The fourth-order valence-electron chi connectivity index (χ4n) is 3.97. The van der Waals surface area contributed by atoms with E-state index in [0.29, 0.717) is 29.9 Å². The molecule has 2 heterocycles. The highest BCUT2D eigenvalue weighted by Crippen LogP contribution is 2.36. The molecule has 2 aliphatic rings. The molecule has 4 N–H and O–H groups in total. The van der Waals surface area contributed by atoms with Crippen molar-refractivity contribution in [3.63, 3.8) is 0 Å². The van der Waals surface area contributed by atoms with E-state index in [0.717, 1.165) is 5.56 Å². The van der Waals surface area contributed by atoms with Gasteiger partial charge in [-0.15, -0.1) is 0 Å². The van der Waals surface area contributed by atoms with Gasteiger partial charge in [-0.1, -0.05) is 0 Å². The normalized spacial score (nSPS) is 24.8. The van der Waals surface area contributed by atoms with Crippen molar-refractivity contribution in [2.24, 2.45) is 0 Å². The second-order valence-corrected chi connectivity index (χ2v) is 7.83. The van der Waals surface area contributed by atoms with Gasteiger partial charge in [-0.3, -0.25) is 0 Å². The lowest BCUT2D eigenvalue weighted by Crippen LogP contribution is -2.46. The molecule has 6 nitrogen and oxygen atoms in total. The van der Waals surface area contributed by atoms with Gasteiger partial charge in [0.15, 0.2) is 0 Å². The molecular formula is C22H25F2NO5. The minimum atomic E-state index is -0.930. The second kappa shape index (κ2) is 8.85. The molecule has 2 aliphatic heterocycles. The van der Waals surface area contributed by atoms with Crippen LogP contribution in [0.5, 0.6) is 11.5 Å². The van der Waals surface area contributed by atoms with Crippen LogP contribution in [0.2, 0.25) is 0 Å². The van der Waals surface area contributed by atoms with Crippen LogP contribution >= 0.6 is 0 Å². The zero-order valence-corrected chi connectivity index (χ0v) is 16.3. The van der Waals surface area contributed by atoms with Gasteiger partial charge in [-0.05, 0) is 54.8 Å². The van der Waals surface area contributed by atoms with Crippen LogP contribution in [0.1, 0.15) is 30.1 Å². The SMILES string of the molecule is OC(CNC[C@H](O)[C@H]1CCc2cc(F)ccc2O1)[C@@H]1C[C@@H](O)c2cc(F)ccc2O1. The molecule has 2 aromatic rings. The third kappa shape index (κ3) is 4.57. The maximum atomic E-state index is 13.3. The zero-order valence-electron chi connectivity index (χ0n) is 16.3. The smallest absolute Gasteiger partial charge is 0.129 e. The van der Waals surface area contributed by atoms with E-state index < -0.39 is 36.3 Å². The standard InChI is InChI=1S/C22H25F2NO5/c23-13-2-5-19-12(7-13)1-4-21(29-19)17(27)10-25-11-18(28)22-9-16(26)15-8-14(24)3-6-20(15)30-22/h2-3,5-8,16-18,21-22,25-28H,1,4,9-11H2/t16-,17+,18?,21-,22+/m1/s1. The average Bonchev–Trinajstić information content (AvgIpc) is 2.73. The number of aryl methyl sites for hydroxylation is 1. The Hall–Kier alpha value is -2.26. The van der Waals surface area contributed by atoms with E-state index in [1.165, 1.54) is 30.3 Å². The van der Waals surface area contributed by atoms with E-state index in [2.05, 4.69) is 5.32 Å². The minimum Gasteiger partial charge on any atom is -0.487 e. The number of rotatable bonds is 6. The van der Waals surface area contributed by atoms with E-state index in [4.69, 9.17) is 9.47 Å². The van der Waals surface area contributed by atoms with Crippen LogP contribution in [0.4, 0.5) is 8.78 Å². The molecule has 162 valence electrons. The maximum Gasteiger partial charge on any atom is 0.129 e. The Balaban J connectivity index is 1.26. The Bertz CT molecular complexity index is 896. The molecule has 0 aliphatic carbocycles. The van der Waals surface area contributed by atoms with Gasteiger partial charge < -0.3 is 30.1 Å².